The molecule has 2 aliphatic rings. The molecule has 8 atom stereocenters. The van der Waals surface area contributed by atoms with Crippen molar-refractivity contribution in [1.29, 1.82) is 0 Å². The third-order valence-corrected chi connectivity index (χ3v) is 13.1. The van der Waals surface area contributed by atoms with Crippen molar-refractivity contribution in [3.63, 3.8) is 0 Å². The number of oxazole rings is 2. The van der Waals surface area contributed by atoms with Crippen LogP contribution >= 0.6 is 0 Å². The van der Waals surface area contributed by atoms with E-state index in [1.807, 2.05) is 90.1 Å². The summed E-state index contributed by atoms with van der Waals surface area (Å²) in [5.74, 6) is -0.725. The van der Waals surface area contributed by atoms with Crippen LogP contribution in [0.5, 0.6) is 0 Å². The molecule has 0 bridgehead atoms. The van der Waals surface area contributed by atoms with Crippen LogP contribution in [-0.2, 0) is 30.5 Å². The molecule has 4 amide bonds. The van der Waals surface area contributed by atoms with E-state index < -0.39 is 36.1 Å². The maximum absolute atomic E-state index is 14.3. The number of aromatic nitrogens is 4. The summed E-state index contributed by atoms with van der Waals surface area (Å²) >= 11 is 0. The number of nitrogens with zero attached hydrogens (tertiary/aromatic N) is 6. The average molecular weight is 931 g/mol. The molecule has 18 heteroatoms. The van der Waals surface area contributed by atoms with Crippen molar-refractivity contribution in [2.45, 2.75) is 129 Å². The summed E-state index contributed by atoms with van der Waals surface area (Å²) in [5, 5.41) is 25.1. The maximum Gasteiger partial charge on any atom is 0.243 e. The number of ether oxygens (including phenoxy) is 1. The van der Waals surface area contributed by atoms with Crippen LogP contribution in [0, 0.1) is 20.8 Å². The standard InChI is InChI=1S/C50H58N8O10/c1-8-39(43-18-27(3)55-67-43)50(63)58-23-38(21-42(58)48(61)54-29(5)33-12-16-35(17-13-33)46-31(7)52-26-66-46)64-24-36-19-44(68-56-36)40(9-2)49(62)57-22-37(59)20-41(57)47(60)53-28(4)32-10-14-34(15-11-32)45-30(6)51-25-65-45/h10-19,25-26,28-29,37-42,59H,8-9,20-24H2,1-7H3,(H,53,60)(H,54,61)/t28-,29-,37+,38+,39+,40+,41-,42-/m0/s1. The number of carbonyl (C=O) groups is 4. The lowest BCUT2D eigenvalue weighted by Crippen LogP contribution is -2.47. The van der Waals surface area contributed by atoms with E-state index in [1.54, 1.807) is 24.0 Å². The third-order valence-electron chi connectivity index (χ3n) is 13.1. The molecule has 18 nitrogen and oxygen atoms in total. The summed E-state index contributed by atoms with van der Waals surface area (Å²) in [7, 11) is 0. The van der Waals surface area contributed by atoms with Crippen molar-refractivity contribution in [1.82, 2.24) is 40.7 Å². The molecular formula is C50H58N8O10. The minimum absolute atomic E-state index is 0.00775. The summed E-state index contributed by atoms with van der Waals surface area (Å²) < 4.78 is 28.6. The number of hydrogen-bond acceptors (Lipinski definition) is 14. The lowest BCUT2D eigenvalue weighted by Gasteiger charge is -2.28. The van der Waals surface area contributed by atoms with E-state index >= 15 is 0 Å². The lowest BCUT2D eigenvalue weighted by atomic mass is 10.00. The fourth-order valence-electron chi connectivity index (χ4n) is 9.21. The van der Waals surface area contributed by atoms with Crippen LogP contribution in [0.1, 0.15) is 123 Å². The molecule has 6 heterocycles. The van der Waals surface area contributed by atoms with Gasteiger partial charge in [0.15, 0.2) is 24.3 Å². The van der Waals surface area contributed by atoms with Gasteiger partial charge in [-0.05, 0) is 58.6 Å². The molecule has 0 unspecified atom stereocenters. The molecule has 0 spiro atoms. The van der Waals surface area contributed by atoms with Gasteiger partial charge in [-0.1, -0.05) is 72.7 Å². The first kappa shape index (κ1) is 47.6. The molecule has 2 saturated heterocycles. The van der Waals surface area contributed by atoms with Crippen LogP contribution in [0.2, 0.25) is 0 Å². The van der Waals surface area contributed by atoms with Crippen LogP contribution in [0.4, 0.5) is 0 Å². The van der Waals surface area contributed by atoms with Gasteiger partial charge in [-0.15, -0.1) is 0 Å². The van der Waals surface area contributed by atoms with E-state index in [2.05, 4.69) is 30.9 Å². The maximum atomic E-state index is 14.3. The van der Waals surface area contributed by atoms with Crippen molar-refractivity contribution in [3.05, 3.63) is 119 Å². The molecule has 8 rings (SSSR count). The van der Waals surface area contributed by atoms with Crippen LogP contribution in [0.25, 0.3) is 22.6 Å². The number of aliphatic hydroxyl groups excluding tert-OH is 1. The van der Waals surface area contributed by atoms with E-state index in [-0.39, 0.29) is 68.3 Å². The van der Waals surface area contributed by atoms with Gasteiger partial charge in [-0.2, -0.15) is 0 Å². The molecule has 358 valence electrons. The fraction of sp³-hybridized carbons (Fsp3) is 0.440. The van der Waals surface area contributed by atoms with Crippen LogP contribution < -0.4 is 10.6 Å². The number of rotatable bonds is 17. The first-order valence-electron chi connectivity index (χ1n) is 23.1. The predicted octanol–water partition coefficient (Wildman–Crippen LogP) is 6.79. The number of amides is 4. The molecule has 2 aliphatic heterocycles. The number of likely N-dealkylation sites (tertiary alicyclic amines) is 2. The second kappa shape index (κ2) is 20.5. The van der Waals surface area contributed by atoms with Gasteiger partial charge in [0.1, 0.15) is 29.3 Å². The van der Waals surface area contributed by atoms with Crippen molar-refractivity contribution >= 4 is 23.6 Å². The zero-order valence-corrected chi connectivity index (χ0v) is 39.3. The van der Waals surface area contributed by atoms with Gasteiger partial charge in [0.05, 0.1) is 59.8 Å². The topological polar surface area (TPSA) is 232 Å². The van der Waals surface area contributed by atoms with E-state index in [1.165, 1.54) is 17.7 Å². The molecule has 3 N–H and O–H groups in total. The Morgan fingerprint density at radius 2 is 1.19 bits per heavy atom. The molecular weight excluding hydrogens is 873 g/mol. The first-order chi connectivity index (χ1) is 32.7. The van der Waals surface area contributed by atoms with Crippen molar-refractivity contribution in [3.8, 4) is 22.6 Å². The number of aryl methyl sites for hydroxylation is 3. The highest BCUT2D eigenvalue weighted by molar-refractivity contribution is 5.92. The van der Waals surface area contributed by atoms with Crippen molar-refractivity contribution in [2.75, 3.05) is 13.1 Å². The zero-order valence-electron chi connectivity index (χ0n) is 39.3. The van der Waals surface area contributed by atoms with E-state index in [0.717, 1.165) is 33.6 Å². The quantitative estimate of drug-likeness (QED) is 0.0855. The van der Waals surface area contributed by atoms with Gasteiger partial charge in [0.25, 0.3) is 0 Å². The van der Waals surface area contributed by atoms with Gasteiger partial charge < -0.3 is 48.2 Å². The number of β-amino-alcohol motifs (C(OH)–C–C–N with tert-alkyl or cyclic N) is 1. The number of hydrogen-bond donors (Lipinski definition) is 3. The van der Waals surface area contributed by atoms with Crippen LogP contribution in [0.3, 0.4) is 0 Å². The lowest BCUT2D eigenvalue weighted by molar-refractivity contribution is -0.140. The number of aliphatic hydroxyl groups is 1. The Morgan fingerprint density at radius 3 is 1.66 bits per heavy atom. The number of nitrogens with one attached hydrogen (secondary N) is 2. The molecule has 68 heavy (non-hydrogen) atoms. The van der Waals surface area contributed by atoms with Gasteiger partial charge in [0.2, 0.25) is 23.6 Å². The Labute approximate surface area is 393 Å². The minimum atomic E-state index is -0.896. The van der Waals surface area contributed by atoms with Gasteiger partial charge in [-0.25, -0.2) is 9.97 Å². The number of benzene rings is 2. The zero-order chi connectivity index (χ0) is 48.2. The fourth-order valence-corrected chi connectivity index (χ4v) is 9.21. The Bertz CT molecular complexity index is 2700. The summed E-state index contributed by atoms with van der Waals surface area (Å²) in [5.41, 5.74) is 6.05. The summed E-state index contributed by atoms with van der Waals surface area (Å²) in [6.07, 6.45) is 2.45. The molecule has 0 aliphatic carbocycles. The highest BCUT2D eigenvalue weighted by atomic mass is 16.5. The molecule has 4 aromatic heterocycles. The van der Waals surface area contributed by atoms with Crippen LogP contribution in [0.15, 0.2) is 91.3 Å². The van der Waals surface area contributed by atoms with Gasteiger partial charge in [-0.3, -0.25) is 19.2 Å². The predicted molar refractivity (Wildman–Crippen MR) is 245 cm³/mol. The third kappa shape index (κ3) is 10.2. The molecule has 6 aromatic rings. The Morgan fingerprint density at radius 1 is 0.706 bits per heavy atom. The number of carbonyl (C=O) groups excluding carboxylic acids is 4. The van der Waals surface area contributed by atoms with Crippen molar-refractivity contribution < 1.29 is 46.9 Å². The van der Waals surface area contributed by atoms with E-state index in [4.69, 9.17) is 22.6 Å². The Kier molecular flexibility index (Phi) is 14.4. The second-order valence-corrected chi connectivity index (χ2v) is 17.8. The molecule has 2 aromatic carbocycles. The normalized spacial score (nSPS) is 20.0. The summed E-state index contributed by atoms with van der Waals surface area (Å²) in [4.78, 5) is 67.6. The Balaban J connectivity index is 0.911. The van der Waals surface area contributed by atoms with E-state index in [0.29, 0.717) is 47.3 Å². The average Bonchev–Trinajstić information content (AvgIpc) is 4.21. The molecule has 0 saturated carbocycles. The Hall–Kier alpha value is -6.92. The van der Waals surface area contributed by atoms with Crippen molar-refractivity contribution in [2.24, 2.45) is 0 Å². The van der Waals surface area contributed by atoms with Gasteiger partial charge in [0, 0.05) is 49.2 Å². The monoisotopic (exact) mass is 930 g/mol. The smallest absolute Gasteiger partial charge is 0.243 e. The highest BCUT2D eigenvalue weighted by Gasteiger charge is 2.44. The van der Waals surface area contributed by atoms with E-state index in [9.17, 15) is 24.3 Å². The molecule has 0 radical (unpaired) electrons. The van der Waals surface area contributed by atoms with Gasteiger partial charge >= 0.3 is 0 Å². The highest BCUT2D eigenvalue weighted by Crippen LogP contribution is 2.33. The minimum Gasteiger partial charge on any atom is -0.443 e. The largest absolute Gasteiger partial charge is 0.443 e. The molecule has 2 fully saturated rings. The first-order valence-corrected chi connectivity index (χ1v) is 23.1. The summed E-state index contributed by atoms with van der Waals surface area (Å²) in [6.45, 7) is 13.1. The summed E-state index contributed by atoms with van der Waals surface area (Å²) in [6, 6.07) is 16.1. The van der Waals surface area contributed by atoms with Crippen LogP contribution in [-0.4, -0.2) is 96.2 Å². The SMILES string of the molecule is CC[C@@H](C(=O)N1C[C@H](OCc2cc([C@@H](CC)C(=O)N3C[C@H](O)C[C@H]3C(=O)N[C@@H](C)c3ccc(-c4ocnc4C)cc3)on2)C[C@H]1C(=O)N[C@@H](C)c1ccc(-c2ocnc2C)cc1)c1cc(C)no1. The second-order valence-electron chi connectivity index (χ2n) is 17.8.